The lowest BCUT2D eigenvalue weighted by molar-refractivity contribution is 0.102. The van der Waals surface area contributed by atoms with E-state index in [9.17, 15) is 9.59 Å². The van der Waals surface area contributed by atoms with Crippen LogP contribution in [0.25, 0.3) is 0 Å². The first-order chi connectivity index (χ1) is 17.2. The largest absolute Gasteiger partial charge is 0.378 e. The summed E-state index contributed by atoms with van der Waals surface area (Å²) in [6, 6.07) is 26.1. The molecule has 1 aliphatic heterocycles. The number of nitrogens with zero attached hydrogens (tertiary/aromatic N) is 1. The highest BCUT2D eigenvalue weighted by Gasteiger charge is 2.12. The molecule has 7 nitrogen and oxygen atoms in total. The molecule has 176 valence electrons. The molecule has 2 heterocycles. The summed E-state index contributed by atoms with van der Waals surface area (Å²) in [7, 11) is 0. The number of hydrogen-bond donors (Lipinski definition) is 3. The van der Waals surface area contributed by atoms with Gasteiger partial charge in [0.25, 0.3) is 5.91 Å². The molecule has 4 aromatic rings. The molecule has 1 aliphatic rings. The first kappa shape index (κ1) is 22.4. The second kappa shape index (κ2) is 10.3. The highest BCUT2D eigenvalue weighted by atomic mass is 16.5. The minimum absolute atomic E-state index is 0.0753. The number of carbonyl (C=O) groups is 2. The maximum absolute atomic E-state index is 12.9. The quantitative estimate of drug-likeness (QED) is 0.331. The number of rotatable bonds is 7. The van der Waals surface area contributed by atoms with Gasteiger partial charge in [-0.15, -0.1) is 0 Å². The topological polar surface area (TPSA) is 86.5 Å². The van der Waals surface area contributed by atoms with Gasteiger partial charge in [-0.2, -0.15) is 0 Å². The third kappa shape index (κ3) is 5.42. The van der Waals surface area contributed by atoms with Gasteiger partial charge >= 0.3 is 0 Å². The first-order valence-electron chi connectivity index (χ1n) is 11.5. The van der Waals surface area contributed by atoms with Crippen molar-refractivity contribution >= 4 is 34.4 Å². The summed E-state index contributed by atoms with van der Waals surface area (Å²) in [5.41, 5.74) is 5.34. The Morgan fingerprint density at radius 1 is 0.743 bits per heavy atom. The Bertz CT molecular complexity index is 1280. The maximum atomic E-state index is 12.9. The molecule has 0 bridgehead atoms. The molecule has 1 aromatic heterocycles. The fourth-order valence-electron chi connectivity index (χ4n) is 3.99. The Morgan fingerprint density at radius 2 is 1.31 bits per heavy atom. The molecule has 3 N–H and O–H groups in total. The molecule has 7 heteroatoms. The van der Waals surface area contributed by atoms with Crippen LogP contribution < -0.4 is 15.5 Å². The summed E-state index contributed by atoms with van der Waals surface area (Å²) < 4.78 is 5.42. The van der Waals surface area contributed by atoms with Gasteiger partial charge in [-0.1, -0.05) is 0 Å². The second-order valence-corrected chi connectivity index (χ2v) is 8.29. The van der Waals surface area contributed by atoms with Crippen molar-refractivity contribution in [1.29, 1.82) is 0 Å². The van der Waals surface area contributed by atoms with E-state index in [0.717, 1.165) is 37.7 Å². The average molecular weight is 467 g/mol. The van der Waals surface area contributed by atoms with Crippen molar-refractivity contribution in [3.8, 4) is 0 Å². The minimum Gasteiger partial charge on any atom is -0.378 e. The molecule has 0 radical (unpaired) electrons. The SMILES string of the molecule is O=C(c1ccc(NC(=O)c2ccc[nH]2)cc1)c1ccc(Nc2ccc(N3CCOCC3)cc2)cc1. The van der Waals surface area contributed by atoms with Gasteiger partial charge in [0.1, 0.15) is 5.69 Å². The number of aromatic nitrogens is 1. The predicted molar refractivity (Wildman–Crippen MR) is 138 cm³/mol. The molecular weight excluding hydrogens is 440 g/mol. The van der Waals surface area contributed by atoms with Crippen LogP contribution in [0.1, 0.15) is 26.4 Å². The van der Waals surface area contributed by atoms with Crippen LogP contribution in [0.2, 0.25) is 0 Å². The standard InChI is InChI=1S/C28H26N4O3/c33-27(21-5-9-24(10-6-21)31-28(34)26-2-1-15-29-26)20-3-7-22(8-4-20)30-23-11-13-25(14-12-23)32-16-18-35-19-17-32/h1-15,29-30H,16-19H2,(H,31,34). The Hall–Kier alpha value is -4.36. The number of morpholine rings is 1. The van der Waals surface area contributed by atoms with Crippen LogP contribution in [0.3, 0.4) is 0 Å². The molecule has 1 saturated heterocycles. The third-order valence-electron chi connectivity index (χ3n) is 5.93. The van der Waals surface area contributed by atoms with Crippen molar-refractivity contribution < 1.29 is 14.3 Å². The van der Waals surface area contributed by atoms with Crippen molar-refractivity contribution in [2.24, 2.45) is 0 Å². The van der Waals surface area contributed by atoms with Gasteiger partial charge in [-0.25, -0.2) is 0 Å². The number of H-pyrrole nitrogens is 1. The molecule has 0 unspecified atom stereocenters. The number of anilines is 4. The summed E-state index contributed by atoms with van der Waals surface area (Å²) in [5, 5.41) is 6.18. The smallest absolute Gasteiger partial charge is 0.272 e. The lowest BCUT2D eigenvalue weighted by Gasteiger charge is -2.28. The highest BCUT2D eigenvalue weighted by Crippen LogP contribution is 2.23. The summed E-state index contributed by atoms with van der Waals surface area (Å²) in [6.45, 7) is 3.35. The van der Waals surface area contributed by atoms with E-state index in [1.165, 1.54) is 5.69 Å². The zero-order valence-electron chi connectivity index (χ0n) is 19.2. The molecule has 1 amide bonds. The number of ether oxygens (including phenoxy) is 1. The Morgan fingerprint density at radius 3 is 1.89 bits per heavy atom. The fourth-order valence-corrected chi connectivity index (χ4v) is 3.99. The van der Waals surface area contributed by atoms with Gasteiger partial charge < -0.3 is 25.3 Å². The average Bonchev–Trinajstić information content (AvgIpc) is 3.46. The lowest BCUT2D eigenvalue weighted by atomic mass is 10.0. The van der Waals surface area contributed by atoms with E-state index in [4.69, 9.17) is 4.74 Å². The lowest BCUT2D eigenvalue weighted by Crippen LogP contribution is -2.36. The Kier molecular flexibility index (Phi) is 6.59. The van der Waals surface area contributed by atoms with E-state index >= 15 is 0 Å². The van der Waals surface area contributed by atoms with Crippen molar-refractivity contribution in [1.82, 2.24) is 4.98 Å². The number of nitrogens with one attached hydrogen (secondary N) is 3. The zero-order valence-corrected chi connectivity index (χ0v) is 19.2. The van der Waals surface area contributed by atoms with E-state index in [2.05, 4.69) is 44.8 Å². The highest BCUT2D eigenvalue weighted by molar-refractivity contribution is 6.09. The van der Waals surface area contributed by atoms with Crippen LogP contribution in [0.5, 0.6) is 0 Å². The Balaban J connectivity index is 1.19. The first-order valence-corrected chi connectivity index (χ1v) is 11.5. The second-order valence-electron chi connectivity index (χ2n) is 8.29. The minimum atomic E-state index is -0.229. The molecule has 35 heavy (non-hydrogen) atoms. The number of ketones is 1. The van der Waals surface area contributed by atoms with Crippen LogP contribution in [0.15, 0.2) is 91.1 Å². The molecule has 1 fully saturated rings. The van der Waals surface area contributed by atoms with Crippen molar-refractivity contribution in [2.75, 3.05) is 41.8 Å². The third-order valence-corrected chi connectivity index (χ3v) is 5.93. The van der Waals surface area contributed by atoms with Gasteiger partial charge in [-0.05, 0) is 84.9 Å². The summed E-state index contributed by atoms with van der Waals surface area (Å²) in [5.74, 6) is -0.304. The molecule has 3 aromatic carbocycles. The summed E-state index contributed by atoms with van der Waals surface area (Å²) in [4.78, 5) is 30.2. The fraction of sp³-hybridized carbons (Fsp3) is 0.143. The van der Waals surface area contributed by atoms with Gasteiger partial charge in [0.15, 0.2) is 5.78 Å². The van der Waals surface area contributed by atoms with Crippen molar-refractivity contribution in [2.45, 2.75) is 0 Å². The van der Waals surface area contributed by atoms with E-state index in [-0.39, 0.29) is 11.7 Å². The summed E-state index contributed by atoms with van der Waals surface area (Å²) in [6.07, 6.45) is 1.69. The van der Waals surface area contributed by atoms with Gasteiger partial charge in [0.05, 0.1) is 13.2 Å². The molecule has 5 rings (SSSR count). The normalized spacial score (nSPS) is 13.3. The number of aromatic amines is 1. The number of carbonyl (C=O) groups excluding carboxylic acids is 2. The van der Waals surface area contributed by atoms with Crippen LogP contribution in [-0.2, 0) is 4.74 Å². The van der Waals surface area contributed by atoms with Gasteiger partial charge in [0, 0.05) is 53.2 Å². The van der Waals surface area contributed by atoms with Crippen LogP contribution in [0, 0.1) is 0 Å². The van der Waals surface area contributed by atoms with Crippen molar-refractivity contribution in [3.05, 3.63) is 108 Å². The monoisotopic (exact) mass is 466 g/mol. The summed E-state index contributed by atoms with van der Waals surface area (Å²) >= 11 is 0. The van der Waals surface area contributed by atoms with Gasteiger partial charge in [-0.3, -0.25) is 9.59 Å². The van der Waals surface area contributed by atoms with E-state index in [0.29, 0.717) is 22.5 Å². The molecule has 0 atom stereocenters. The van der Waals surface area contributed by atoms with Crippen LogP contribution in [0.4, 0.5) is 22.7 Å². The maximum Gasteiger partial charge on any atom is 0.272 e. The number of benzene rings is 3. The molecular formula is C28H26N4O3. The van der Waals surface area contributed by atoms with Crippen LogP contribution >= 0.6 is 0 Å². The Labute approximate surface area is 203 Å². The van der Waals surface area contributed by atoms with Crippen LogP contribution in [-0.4, -0.2) is 43.0 Å². The van der Waals surface area contributed by atoms with E-state index in [1.54, 1.807) is 42.6 Å². The number of amides is 1. The molecule has 0 spiro atoms. The zero-order chi connectivity index (χ0) is 24.0. The van der Waals surface area contributed by atoms with E-state index in [1.807, 2.05) is 24.3 Å². The number of hydrogen-bond acceptors (Lipinski definition) is 5. The molecule has 0 aliphatic carbocycles. The van der Waals surface area contributed by atoms with E-state index < -0.39 is 0 Å². The van der Waals surface area contributed by atoms with Crippen molar-refractivity contribution in [3.63, 3.8) is 0 Å². The molecule has 0 saturated carbocycles. The predicted octanol–water partition coefficient (Wildman–Crippen LogP) is 5.08. The van der Waals surface area contributed by atoms with Gasteiger partial charge in [0.2, 0.25) is 0 Å².